The van der Waals surface area contributed by atoms with Gasteiger partial charge in [0.25, 0.3) is 0 Å². The second-order valence-corrected chi connectivity index (χ2v) is 7.39. The van der Waals surface area contributed by atoms with Gasteiger partial charge in [-0.15, -0.1) is 0 Å². The number of ether oxygens (including phenoxy) is 1. The Morgan fingerprint density at radius 3 is 2.50 bits per heavy atom. The van der Waals surface area contributed by atoms with E-state index in [1.807, 2.05) is 0 Å². The third-order valence-corrected chi connectivity index (χ3v) is 7.06. The quantitative estimate of drug-likeness (QED) is 0.732. The lowest BCUT2D eigenvalue weighted by Gasteiger charge is -2.33. The molecule has 2 aliphatic carbocycles. The smallest absolute Gasteiger partial charge is 0.230 e. The van der Waals surface area contributed by atoms with Crippen molar-refractivity contribution in [1.29, 1.82) is 10.5 Å². The molecule has 2 heterocycles. The largest absolute Gasteiger partial charge is 0.386 e. The third kappa shape index (κ3) is 0.880. The van der Waals surface area contributed by atoms with Crippen LogP contribution < -0.4 is 5.73 Å². The van der Waals surface area contributed by atoms with Gasteiger partial charge >= 0.3 is 0 Å². The fourth-order valence-corrected chi connectivity index (χ4v) is 6.48. The lowest BCUT2D eigenvalue weighted by atomic mass is 9.77. The highest BCUT2D eigenvalue weighted by Crippen LogP contribution is 2.90. The molecule has 4 aliphatic rings. The number of rotatable bonds is 0. The molecule has 0 bridgehead atoms. The van der Waals surface area contributed by atoms with Gasteiger partial charge in [-0.1, -0.05) is 31.0 Å². The highest BCUT2D eigenvalue weighted by atomic mass is 32.2. The van der Waals surface area contributed by atoms with E-state index < -0.39 is 15.9 Å². The van der Waals surface area contributed by atoms with Crippen molar-refractivity contribution in [1.82, 2.24) is 0 Å². The predicted molar refractivity (Wildman–Crippen MR) is 74.4 cm³/mol. The van der Waals surface area contributed by atoms with Gasteiger partial charge in [0.15, 0.2) is 5.41 Å². The van der Waals surface area contributed by atoms with Crippen LogP contribution in [0.3, 0.4) is 0 Å². The zero-order chi connectivity index (χ0) is 14.1. The topological polar surface area (TPSA) is 95.2 Å². The van der Waals surface area contributed by atoms with E-state index in [9.17, 15) is 10.5 Å². The summed E-state index contributed by atoms with van der Waals surface area (Å²) < 4.78 is 5.90. The number of hydrogen-bond acceptors (Lipinski definition) is 6. The number of hydrogen-bond donors (Lipinski definition) is 1. The Morgan fingerprint density at radius 1 is 1.20 bits per heavy atom. The Balaban J connectivity index is 1.95. The molecular formula is C14H16N4OS. The minimum Gasteiger partial charge on any atom is -0.386 e. The van der Waals surface area contributed by atoms with Crippen molar-refractivity contribution < 1.29 is 4.74 Å². The van der Waals surface area contributed by atoms with Crippen molar-refractivity contribution in [3.8, 4) is 12.1 Å². The first-order valence-electron chi connectivity index (χ1n) is 7.13. The van der Waals surface area contributed by atoms with Gasteiger partial charge in [-0.3, -0.25) is 0 Å². The van der Waals surface area contributed by atoms with E-state index >= 15 is 0 Å². The number of nitrogens with zero attached hydrogens (tertiary/aromatic N) is 3. The Labute approximate surface area is 122 Å². The molecule has 0 aromatic heterocycles. The molecule has 2 saturated carbocycles. The molecule has 4 rings (SSSR count). The van der Waals surface area contributed by atoms with Crippen LogP contribution in [0.25, 0.3) is 0 Å². The fourth-order valence-electron chi connectivity index (χ4n) is 5.09. The van der Waals surface area contributed by atoms with Gasteiger partial charge in [0.2, 0.25) is 5.06 Å². The van der Waals surface area contributed by atoms with Crippen LogP contribution >= 0.6 is 11.8 Å². The van der Waals surface area contributed by atoms with E-state index in [4.69, 9.17) is 10.5 Å². The highest BCUT2D eigenvalue weighted by molar-refractivity contribution is 8.00. The molecular weight excluding hydrogens is 272 g/mol. The van der Waals surface area contributed by atoms with Crippen LogP contribution in [0.15, 0.2) is 4.99 Å². The van der Waals surface area contributed by atoms with E-state index in [1.165, 1.54) is 6.42 Å². The number of nitriles is 2. The molecule has 20 heavy (non-hydrogen) atoms. The van der Waals surface area contributed by atoms with Crippen molar-refractivity contribution in [2.75, 3.05) is 12.4 Å². The molecule has 0 aromatic carbocycles. The monoisotopic (exact) mass is 288 g/mol. The van der Waals surface area contributed by atoms with Gasteiger partial charge in [0.05, 0.1) is 18.7 Å². The van der Waals surface area contributed by atoms with Crippen LogP contribution in [0, 0.1) is 38.9 Å². The summed E-state index contributed by atoms with van der Waals surface area (Å²) in [5.41, 5.74) is 4.02. The average Bonchev–Trinajstić information content (AvgIpc) is 2.77. The van der Waals surface area contributed by atoms with E-state index in [1.54, 1.807) is 11.8 Å². The maximum absolute atomic E-state index is 10.0. The molecule has 2 spiro atoms. The number of fused-ring (bicyclic) bond motifs is 4. The maximum Gasteiger partial charge on any atom is 0.230 e. The third-order valence-electron chi connectivity index (χ3n) is 5.78. The molecule has 2 aliphatic heterocycles. The minimum absolute atomic E-state index is 0.331. The van der Waals surface area contributed by atoms with Crippen LogP contribution in [0.1, 0.15) is 32.1 Å². The van der Waals surface area contributed by atoms with E-state index in [-0.39, 0.29) is 5.41 Å². The molecule has 0 aromatic rings. The second kappa shape index (κ2) is 3.50. The summed E-state index contributed by atoms with van der Waals surface area (Å²) >= 11 is 1.55. The van der Waals surface area contributed by atoms with Gasteiger partial charge in [-0.25, -0.2) is 4.99 Å². The predicted octanol–water partition coefficient (Wildman–Crippen LogP) is 1.76. The number of thioether (sulfide) groups is 1. The van der Waals surface area contributed by atoms with Gasteiger partial charge < -0.3 is 10.5 Å². The SMILES string of the molecule is N#C[C@]12C3(CCCCC3)[C@@]1(C#N)C(N)=N[C@@]21OCCS1. The van der Waals surface area contributed by atoms with Crippen LogP contribution in [0.2, 0.25) is 0 Å². The fraction of sp³-hybridized carbons (Fsp3) is 0.786. The van der Waals surface area contributed by atoms with Crippen LogP contribution in [-0.4, -0.2) is 23.3 Å². The van der Waals surface area contributed by atoms with Gasteiger partial charge in [-0.2, -0.15) is 10.5 Å². The molecule has 1 saturated heterocycles. The zero-order valence-corrected chi connectivity index (χ0v) is 12.0. The van der Waals surface area contributed by atoms with Crippen LogP contribution in [0.4, 0.5) is 0 Å². The number of nitrogens with two attached hydrogens (primary N) is 1. The summed E-state index contributed by atoms with van der Waals surface area (Å²) in [5.74, 6) is 1.13. The lowest BCUT2D eigenvalue weighted by molar-refractivity contribution is 0.00296. The van der Waals surface area contributed by atoms with Gasteiger partial charge in [0, 0.05) is 11.2 Å². The number of aliphatic imine (C=N–C) groups is 1. The molecule has 3 atom stereocenters. The Kier molecular flexibility index (Phi) is 2.19. The first-order chi connectivity index (χ1) is 9.66. The summed E-state index contributed by atoms with van der Waals surface area (Å²) in [7, 11) is 0. The maximum atomic E-state index is 10.0. The summed E-state index contributed by atoms with van der Waals surface area (Å²) in [4.78, 5) is 4.48. The van der Waals surface area contributed by atoms with E-state index in [0.29, 0.717) is 12.4 Å². The van der Waals surface area contributed by atoms with Crippen LogP contribution in [0.5, 0.6) is 0 Å². The van der Waals surface area contributed by atoms with E-state index in [2.05, 4.69) is 17.1 Å². The van der Waals surface area contributed by atoms with Gasteiger partial charge in [-0.05, 0) is 12.8 Å². The first kappa shape index (κ1) is 12.5. The molecule has 3 fully saturated rings. The summed E-state index contributed by atoms with van der Waals surface area (Å²) in [5, 5.41) is 18.9. The van der Waals surface area contributed by atoms with Crippen molar-refractivity contribution in [2.45, 2.75) is 37.2 Å². The van der Waals surface area contributed by atoms with E-state index in [0.717, 1.165) is 31.4 Å². The second-order valence-electron chi connectivity index (χ2n) is 6.14. The average molecular weight is 288 g/mol. The summed E-state index contributed by atoms with van der Waals surface area (Å²) in [6.45, 7) is 0.572. The Bertz CT molecular complexity index is 591. The van der Waals surface area contributed by atoms with Crippen molar-refractivity contribution in [3.63, 3.8) is 0 Å². The number of amidine groups is 1. The standard InChI is InChI=1S/C14H16N4OS/c15-8-12-10(17)18-14(19-6-7-20-14)13(12,9-16)11(12)4-2-1-3-5-11/h1-7H2,(H2,17,18)/t12-,13+,14-/m1/s1. The lowest BCUT2D eigenvalue weighted by Crippen LogP contribution is -2.38. The van der Waals surface area contributed by atoms with Crippen LogP contribution in [-0.2, 0) is 4.74 Å². The first-order valence-corrected chi connectivity index (χ1v) is 8.11. The molecule has 0 radical (unpaired) electrons. The normalized spacial score (nSPS) is 47.6. The van der Waals surface area contributed by atoms with Crippen molar-refractivity contribution >= 4 is 17.6 Å². The minimum atomic E-state index is -0.932. The van der Waals surface area contributed by atoms with Crippen molar-refractivity contribution in [2.24, 2.45) is 27.0 Å². The van der Waals surface area contributed by atoms with Gasteiger partial charge in [0.1, 0.15) is 11.3 Å². The summed E-state index contributed by atoms with van der Waals surface area (Å²) in [6.07, 6.45) is 5.05. The van der Waals surface area contributed by atoms with Crippen molar-refractivity contribution in [3.05, 3.63) is 0 Å². The molecule has 6 heteroatoms. The Hall–Kier alpha value is -1.24. The molecule has 0 amide bonds. The molecule has 104 valence electrons. The molecule has 5 nitrogen and oxygen atoms in total. The Morgan fingerprint density at radius 2 is 1.95 bits per heavy atom. The molecule has 0 unspecified atom stereocenters. The zero-order valence-electron chi connectivity index (χ0n) is 11.2. The molecule has 2 N–H and O–H groups in total. The summed E-state index contributed by atoms with van der Waals surface area (Å²) in [6, 6.07) is 4.86. The highest BCUT2D eigenvalue weighted by Gasteiger charge is 2.99.